The molecule has 2 rings (SSSR count). The highest BCUT2D eigenvalue weighted by atomic mass is 16.5. The predicted octanol–water partition coefficient (Wildman–Crippen LogP) is 0.760. The molecule has 22 heavy (non-hydrogen) atoms. The molecule has 124 valence electrons. The monoisotopic (exact) mass is 309 g/mol. The van der Waals surface area contributed by atoms with Crippen LogP contribution in [-0.2, 0) is 22.5 Å². The molecule has 2 heterocycles. The molecule has 7 nitrogen and oxygen atoms in total. The molecular formula is C15H27N5O2. The molecule has 1 amide bonds. The minimum atomic E-state index is -0.136. The third kappa shape index (κ3) is 4.27. The standard InChI is InChI=1S/C15H27N5O2/c1-4-7-19-8-5-13-17-18-15(20(13)10-9-19)12(2)16-14(21)6-11-22-3/h12H,4-11H2,1-3H3,(H,16,21). The van der Waals surface area contributed by atoms with E-state index in [0.717, 1.165) is 44.2 Å². The van der Waals surface area contributed by atoms with Crippen LogP contribution in [-0.4, -0.2) is 58.9 Å². The number of nitrogens with zero attached hydrogens (tertiary/aromatic N) is 4. The summed E-state index contributed by atoms with van der Waals surface area (Å²) in [5.74, 6) is 1.85. The lowest BCUT2D eigenvalue weighted by Crippen LogP contribution is -2.30. The lowest BCUT2D eigenvalue weighted by atomic mass is 10.3. The van der Waals surface area contributed by atoms with Gasteiger partial charge in [-0.25, -0.2) is 0 Å². The Morgan fingerprint density at radius 2 is 2.18 bits per heavy atom. The van der Waals surface area contributed by atoms with Gasteiger partial charge in [0.1, 0.15) is 5.82 Å². The second kappa shape index (κ2) is 8.24. The zero-order chi connectivity index (χ0) is 15.9. The van der Waals surface area contributed by atoms with Gasteiger partial charge in [0.05, 0.1) is 12.6 Å². The van der Waals surface area contributed by atoms with Gasteiger partial charge in [0.2, 0.25) is 5.91 Å². The molecule has 0 radical (unpaired) electrons. The van der Waals surface area contributed by atoms with Gasteiger partial charge in [-0.1, -0.05) is 6.92 Å². The van der Waals surface area contributed by atoms with Gasteiger partial charge in [-0.3, -0.25) is 4.79 Å². The van der Waals surface area contributed by atoms with E-state index in [1.54, 1.807) is 7.11 Å². The first-order valence-corrected chi connectivity index (χ1v) is 8.08. The third-order valence-corrected chi connectivity index (χ3v) is 3.99. The van der Waals surface area contributed by atoms with Crippen molar-refractivity contribution in [2.45, 2.75) is 45.7 Å². The van der Waals surface area contributed by atoms with Crippen molar-refractivity contribution in [2.24, 2.45) is 0 Å². The van der Waals surface area contributed by atoms with E-state index in [2.05, 4.69) is 31.9 Å². The Morgan fingerprint density at radius 3 is 2.91 bits per heavy atom. The van der Waals surface area contributed by atoms with Crippen LogP contribution >= 0.6 is 0 Å². The Morgan fingerprint density at radius 1 is 1.36 bits per heavy atom. The molecule has 0 aliphatic carbocycles. The van der Waals surface area contributed by atoms with Gasteiger partial charge in [-0.05, 0) is 19.9 Å². The van der Waals surface area contributed by atoms with Crippen molar-refractivity contribution in [1.29, 1.82) is 0 Å². The van der Waals surface area contributed by atoms with E-state index in [0.29, 0.717) is 13.0 Å². The van der Waals surface area contributed by atoms with E-state index in [4.69, 9.17) is 4.74 Å². The van der Waals surface area contributed by atoms with Crippen molar-refractivity contribution in [3.05, 3.63) is 11.6 Å². The fourth-order valence-electron chi connectivity index (χ4n) is 2.82. The number of hydrogen-bond acceptors (Lipinski definition) is 5. The maximum Gasteiger partial charge on any atom is 0.222 e. The Labute approximate surface area is 132 Å². The van der Waals surface area contributed by atoms with E-state index < -0.39 is 0 Å². The van der Waals surface area contributed by atoms with E-state index in [1.807, 2.05) is 6.92 Å². The summed E-state index contributed by atoms with van der Waals surface area (Å²) in [6, 6.07) is -0.136. The molecule has 1 N–H and O–H groups in total. The van der Waals surface area contributed by atoms with Crippen molar-refractivity contribution in [2.75, 3.05) is 33.4 Å². The first-order chi connectivity index (χ1) is 10.7. The number of amides is 1. The Balaban J connectivity index is 1.99. The van der Waals surface area contributed by atoms with Gasteiger partial charge in [0.15, 0.2) is 5.82 Å². The van der Waals surface area contributed by atoms with Gasteiger partial charge in [0, 0.05) is 39.6 Å². The predicted molar refractivity (Wildman–Crippen MR) is 83.5 cm³/mol. The smallest absolute Gasteiger partial charge is 0.222 e. The average Bonchev–Trinajstić information content (AvgIpc) is 2.81. The Bertz CT molecular complexity index is 488. The van der Waals surface area contributed by atoms with Crippen molar-refractivity contribution in [1.82, 2.24) is 25.0 Å². The van der Waals surface area contributed by atoms with Crippen LogP contribution in [0.2, 0.25) is 0 Å². The van der Waals surface area contributed by atoms with Crippen LogP contribution in [0.3, 0.4) is 0 Å². The summed E-state index contributed by atoms with van der Waals surface area (Å²) >= 11 is 0. The van der Waals surface area contributed by atoms with E-state index in [-0.39, 0.29) is 11.9 Å². The number of carbonyl (C=O) groups is 1. The molecule has 1 aromatic heterocycles. The Hall–Kier alpha value is -1.47. The van der Waals surface area contributed by atoms with Crippen LogP contribution in [0.4, 0.5) is 0 Å². The Kier molecular flexibility index (Phi) is 6.33. The average molecular weight is 309 g/mol. The molecule has 1 aromatic rings. The number of fused-ring (bicyclic) bond motifs is 1. The molecule has 0 spiro atoms. The van der Waals surface area contributed by atoms with E-state index in [1.165, 1.54) is 6.42 Å². The summed E-state index contributed by atoms with van der Waals surface area (Å²) < 4.78 is 7.09. The highest BCUT2D eigenvalue weighted by Crippen LogP contribution is 2.15. The van der Waals surface area contributed by atoms with Crippen LogP contribution in [0.5, 0.6) is 0 Å². The fraction of sp³-hybridized carbons (Fsp3) is 0.800. The van der Waals surface area contributed by atoms with Gasteiger partial charge in [-0.2, -0.15) is 0 Å². The molecule has 1 aliphatic heterocycles. The number of nitrogens with one attached hydrogen (secondary N) is 1. The van der Waals surface area contributed by atoms with Crippen molar-refractivity contribution in [3.63, 3.8) is 0 Å². The molecule has 1 aliphatic rings. The summed E-state index contributed by atoms with van der Waals surface area (Å²) in [6.07, 6.45) is 2.45. The number of methoxy groups -OCH3 is 1. The summed E-state index contributed by atoms with van der Waals surface area (Å²) in [7, 11) is 1.59. The number of rotatable bonds is 7. The van der Waals surface area contributed by atoms with Gasteiger partial charge < -0.3 is 19.5 Å². The number of carbonyl (C=O) groups excluding carboxylic acids is 1. The molecule has 0 saturated carbocycles. The number of aromatic nitrogens is 3. The van der Waals surface area contributed by atoms with Gasteiger partial charge in [-0.15, -0.1) is 10.2 Å². The molecule has 1 atom stereocenters. The number of ether oxygens (including phenoxy) is 1. The number of hydrogen-bond donors (Lipinski definition) is 1. The summed E-state index contributed by atoms with van der Waals surface area (Å²) in [5.41, 5.74) is 0. The minimum Gasteiger partial charge on any atom is -0.384 e. The molecular weight excluding hydrogens is 282 g/mol. The first kappa shape index (κ1) is 16.9. The minimum absolute atomic E-state index is 0.0204. The SMILES string of the molecule is CCCN1CCc2nnc(C(C)NC(=O)CCOC)n2CC1. The third-order valence-electron chi connectivity index (χ3n) is 3.99. The molecule has 0 aromatic carbocycles. The fourth-order valence-corrected chi connectivity index (χ4v) is 2.82. The van der Waals surface area contributed by atoms with E-state index >= 15 is 0 Å². The largest absolute Gasteiger partial charge is 0.384 e. The summed E-state index contributed by atoms with van der Waals surface area (Å²) in [5, 5.41) is 11.6. The second-order valence-corrected chi connectivity index (χ2v) is 5.75. The van der Waals surface area contributed by atoms with Crippen LogP contribution in [0.1, 0.15) is 44.4 Å². The van der Waals surface area contributed by atoms with Crippen molar-refractivity contribution in [3.8, 4) is 0 Å². The highest BCUT2D eigenvalue weighted by Gasteiger charge is 2.22. The highest BCUT2D eigenvalue weighted by molar-refractivity contribution is 5.76. The van der Waals surface area contributed by atoms with Crippen molar-refractivity contribution >= 4 is 5.91 Å². The molecule has 0 bridgehead atoms. The normalized spacial score (nSPS) is 16.9. The zero-order valence-electron chi connectivity index (χ0n) is 13.8. The summed E-state index contributed by atoms with van der Waals surface area (Å²) in [6.45, 7) is 8.64. The molecule has 0 fully saturated rings. The maximum atomic E-state index is 11.8. The first-order valence-electron chi connectivity index (χ1n) is 8.08. The molecule has 1 unspecified atom stereocenters. The maximum absolute atomic E-state index is 11.8. The zero-order valence-corrected chi connectivity index (χ0v) is 13.8. The topological polar surface area (TPSA) is 72.3 Å². The van der Waals surface area contributed by atoms with Gasteiger partial charge >= 0.3 is 0 Å². The molecule has 0 saturated heterocycles. The second-order valence-electron chi connectivity index (χ2n) is 5.75. The quantitative estimate of drug-likeness (QED) is 0.805. The van der Waals surface area contributed by atoms with Gasteiger partial charge in [0.25, 0.3) is 0 Å². The van der Waals surface area contributed by atoms with E-state index in [9.17, 15) is 4.79 Å². The lowest BCUT2D eigenvalue weighted by Gasteiger charge is -2.19. The summed E-state index contributed by atoms with van der Waals surface area (Å²) in [4.78, 5) is 14.3. The van der Waals surface area contributed by atoms with Crippen LogP contribution < -0.4 is 5.32 Å². The van der Waals surface area contributed by atoms with Crippen LogP contribution in [0, 0.1) is 0 Å². The molecule has 7 heteroatoms. The lowest BCUT2D eigenvalue weighted by molar-refractivity contribution is -0.122. The van der Waals surface area contributed by atoms with Crippen LogP contribution in [0.25, 0.3) is 0 Å². The van der Waals surface area contributed by atoms with Crippen LogP contribution in [0.15, 0.2) is 0 Å². The van der Waals surface area contributed by atoms with Crippen molar-refractivity contribution < 1.29 is 9.53 Å².